The maximum atomic E-state index is 12.7. The number of sulfonamides is 1. The van der Waals surface area contributed by atoms with E-state index in [-0.39, 0.29) is 10.9 Å². The van der Waals surface area contributed by atoms with E-state index in [1.54, 1.807) is 18.4 Å². The van der Waals surface area contributed by atoms with Gasteiger partial charge in [0.15, 0.2) is 0 Å². The first kappa shape index (κ1) is 16.1. The number of furan rings is 1. The average Bonchev–Trinajstić information content (AvgIpc) is 3.12. The molecule has 1 unspecified atom stereocenters. The normalized spacial score (nSPS) is 17.2. The maximum absolute atomic E-state index is 12.7. The highest BCUT2D eigenvalue weighted by Crippen LogP contribution is 2.32. The van der Waals surface area contributed by atoms with Gasteiger partial charge in [0.1, 0.15) is 5.76 Å². The molecule has 128 valence electrons. The molecule has 1 aliphatic rings. The highest BCUT2D eigenvalue weighted by Gasteiger charge is 2.27. The number of fused-ring (bicyclic) bond motifs is 1. The monoisotopic (exact) mass is 353 g/mol. The Morgan fingerprint density at radius 1 is 0.920 bits per heavy atom. The summed E-state index contributed by atoms with van der Waals surface area (Å²) in [6, 6.07) is 18.5. The Kier molecular flexibility index (Phi) is 4.19. The van der Waals surface area contributed by atoms with Gasteiger partial charge in [-0.05, 0) is 42.2 Å². The smallest absolute Gasteiger partial charge is 0.241 e. The topological polar surface area (TPSA) is 59.3 Å². The minimum absolute atomic E-state index is 0.221. The number of nitrogens with one attached hydrogen (secondary N) is 1. The second kappa shape index (κ2) is 6.50. The fourth-order valence-corrected chi connectivity index (χ4v) is 4.57. The zero-order chi connectivity index (χ0) is 17.3. The molecule has 1 heterocycles. The SMILES string of the molecule is O=S(=O)(NC1CCCc2occc21)c1ccc(-c2ccccc2)cc1. The lowest BCUT2D eigenvalue weighted by molar-refractivity contribution is 0.438. The Morgan fingerprint density at radius 2 is 1.64 bits per heavy atom. The van der Waals surface area contributed by atoms with E-state index < -0.39 is 10.0 Å². The Hall–Kier alpha value is -2.37. The summed E-state index contributed by atoms with van der Waals surface area (Å²) in [5, 5.41) is 0. The summed E-state index contributed by atoms with van der Waals surface area (Å²) in [5.74, 6) is 0.887. The van der Waals surface area contributed by atoms with Crippen LogP contribution < -0.4 is 4.72 Å². The van der Waals surface area contributed by atoms with E-state index in [1.807, 2.05) is 48.5 Å². The summed E-state index contributed by atoms with van der Waals surface area (Å²) in [6.07, 6.45) is 4.20. The molecular formula is C20H19NO3S. The highest BCUT2D eigenvalue weighted by atomic mass is 32.2. The number of hydrogen-bond acceptors (Lipinski definition) is 3. The molecular weight excluding hydrogens is 334 g/mol. The fraction of sp³-hybridized carbons (Fsp3) is 0.200. The lowest BCUT2D eigenvalue weighted by Crippen LogP contribution is -2.30. The van der Waals surface area contributed by atoms with Gasteiger partial charge in [-0.3, -0.25) is 0 Å². The van der Waals surface area contributed by atoms with Crippen molar-refractivity contribution in [3.63, 3.8) is 0 Å². The van der Waals surface area contributed by atoms with Crippen molar-refractivity contribution < 1.29 is 12.8 Å². The summed E-state index contributed by atoms with van der Waals surface area (Å²) >= 11 is 0. The molecule has 0 saturated heterocycles. The summed E-state index contributed by atoms with van der Waals surface area (Å²) in [5.41, 5.74) is 3.01. The van der Waals surface area contributed by atoms with E-state index in [9.17, 15) is 8.42 Å². The molecule has 3 aromatic rings. The van der Waals surface area contributed by atoms with Crippen LogP contribution in [0.4, 0.5) is 0 Å². The zero-order valence-electron chi connectivity index (χ0n) is 13.7. The summed E-state index contributed by atoms with van der Waals surface area (Å²) in [7, 11) is -3.57. The lowest BCUT2D eigenvalue weighted by Gasteiger charge is -2.22. The van der Waals surface area contributed by atoms with Gasteiger partial charge in [0.2, 0.25) is 10.0 Å². The van der Waals surface area contributed by atoms with Crippen LogP contribution in [-0.4, -0.2) is 8.42 Å². The van der Waals surface area contributed by atoms with Crippen LogP contribution in [0.5, 0.6) is 0 Å². The van der Waals surface area contributed by atoms with E-state index in [1.165, 1.54) is 0 Å². The van der Waals surface area contributed by atoms with Gasteiger partial charge >= 0.3 is 0 Å². The average molecular weight is 353 g/mol. The Labute approximate surface area is 147 Å². The predicted molar refractivity (Wildman–Crippen MR) is 96.6 cm³/mol. The molecule has 0 fully saturated rings. The molecule has 1 aromatic heterocycles. The highest BCUT2D eigenvalue weighted by molar-refractivity contribution is 7.89. The first-order chi connectivity index (χ1) is 12.1. The van der Waals surface area contributed by atoms with Crippen LogP contribution in [0, 0.1) is 0 Å². The van der Waals surface area contributed by atoms with Gasteiger partial charge in [-0.2, -0.15) is 0 Å². The lowest BCUT2D eigenvalue weighted by atomic mass is 9.94. The van der Waals surface area contributed by atoms with Crippen LogP contribution in [0.2, 0.25) is 0 Å². The van der Waals surface area contributed by atoms with Crippen molar-refractivity contribution >= 4 is 10.0 Å². The molecule has 0 saturated carbocycles. The fourth-order valence-electron chi connectivity index (χ4n) is 3.32. The van der Waals surface area contributed by atoms with Gasteiger partial charge in [-0.15, -0.1) is 0 Å². The molecule has 5 heteroatoms. The maximum Gasteiger partial charge on any atom is 0.241 e. The molecule has 4 nitrogen and oxygen atoms in total. The largest absolute Gasteiger partial charge is 0.469 e. The van der Waals surface area contributed by atoms with Gasteiger partial charge in [0.05, 0.1) is 17.2 Å². The van der Waals surface area contributed by atoms with Gasteiger partial charge in [-0.1, -0.05) is 42.5 Å². The molecule has 0 bridgehead atoms. The number of benzene rings is 2. The van der Waals surface area contributed by atoms with Crippen LogP contribution in [-0.2, 0) is 16.4 Å². The molecule has 2 aromatic carbocycles. The van der Waals surface area contributed by atoms with Gasteiger partial charge in [0, 0.05) is 12.0 Å². The van der Waals surface area contributed by atoms with Gasteiger partial charge in [0.25, 0.3) is 0 Å². The molecule has 0 amide bonds. The van der Waals surface area contributed by atoms with Crippen molar-refractivity contribution in [2.75, 3.05) is 0 Å². The predicted octanol–water partition coefficient (Wildman–Crippen LogP) is 4.30. The summed E-state index contributed by atoms with van der Waals surface area (Å²) in [4.78, 5) is 0.280. The van der Waals surface area contributed by atoms with Crippen molar-refractivity contribution in [3.05, 3.63) is 78.3 Å². The second-order valence-electron chi connectivity index (χ2n) is 6.26. The first-order valence-corrected chi connectivity index (χ1v) is 9.86. The van der Waals surface area contributed by atoms with Gasteiger partial charge in [-0.25, -0.2) is 13.1 Å². The minimum Gasteiger partial charge on any atom is -0.469 e. The second-order valence-corrected chi connectivity index (χ2v) is 7.97. The number of hydrogen-bond donors (Lipinski definition) is 1. The molecule has 1 aliphatic carbocycles. The van der Waals surface area contributed by atoms with Crippen molar-refractivity contribution in [2.24, 2.45) is 0 Å². The van der Waals surface area contributed by atoms with Crippen molar-refractivity contribution in [2.45, 2.75) is 30.2 Å². The zero-order valence-corrected chi connectivity index (χ0v) is 14.5. The van der Waals surface area contributed by atoms with Crippen molar-refractivity contribution in [1.29, 1.82) is 0 Å². The van der Waals surface area contributed by atoms with E-state index in [4.69, 9.17) is 4.42 Å². The van der Waals surface area contributed by atoms with E-state index in [0.29, 0.717) is 0 Å². The molecule has 1 atom stereocenters. The van der Waals surface area contributed by atoms with Crippen LogP contribution in [0.3, 0.4) is 0 Å². The van der Waals surface area contributed by atoms with Crippen LogP contribution in [0.1, 0.15) is 30.2 Å². The number of rotatable bonds is 4. The molecule has 0 aliphatic heterocycles. The van der Waals surface area contributed by atoms with Gasteiger partial charge < -0.3 is 4.42 Å². The third kappa shape index (κ3) is 3.25. The third-order valence-electron chi connectivity index (χ3n) is 4.62. The molecule has 4 rings (SSSR count). The minimum atomic E-state index is -3.57. The Morgan fingerprint density at radius 3 is 2.40 bits per heavy atom. The van der Waals surface area contributed by atoms with Crippen molar-refractivity contribution in [1.82, 2.24) is 4.72 Å². The Balaban J connectivity index is 1.57. The summed E-state index contributed by atoms with van der Waals surface area (Å²) in [6.45, 7) is 0. The van der Waals surface area contributed by atoms with Crippen LogP contribution in [0.15, 0.2) is 76.2 Å². The quantitative estimate of drug-likeness (QED) is 0.761. The van der Waals surface area contributed by atoms with Crippen LogP contribution in [0.25, 0.3) is 11.1 Å². The molecule has 0 spiro atoms. The molecule has 25 heavy (non-hydrogen) atoms. The van der Waals surface area contributed by atoms with E-state index in [2.05, 4.69) is 4.72 Å². The molecule has 1 N–H and O–H groups in total. The molecule has 0 radical (unpaired) electrons. The van der Waals surface area contributed by atoms with E-state index in [0.717, 1.165) is 41.7 Å². The third-order valence-corrected chi connectivity index (χ3v) is 6.11. The summed E-state index contributed by atoms with van der Waals surface area (Å²) < 4.78 is 33.7. The van der Waals surface area contributed by atoms with E-state index >= 15 is 0 Å². The standard InChI is InChI=1S/C20H19NO3S/c22-25(23,21-19-7-4-8-20-18(19)13-14-24-20)17-11-9-16(10-12-17)15-5-2-1-3-6-15/h1-3,5-6,9-14,19,21H,4,7-8H2. The van der Waals surface area contributed by atoms with Crippen molar-refractivity contribution in [3.8, 4) is 11.1 Å². The van der Waals surface area contributed by atoms with Crippen LogP contribution >= 0.6 is 0 Å². The number of aryl methyl sites for hydroxylation is 1. The first-order valence-electron chi connectivity index (χ1n) is 8.37. The Bertz CT molecular complexity index is 960.